The van der Waals surface area contributed by atoms with E-state index in [1.807, 2.05) is 17.0 Å². The fourth-order valence-corrected chi connectivity index (χ4v) is 6.65. The van der Waals surface area contributed by atoms with Crippen molar-refractivity contribution in [1.29, 1.82) is 0 Å². The minimum Gasteiger partial charge on any atom is -0.348 e. The Hall–Kier alpha value is -3.12. The van der Waals surface area contributed by atoms with Crippen LogP contribution in [0.3, 0.4) is 0 Å². The predicted molar refractivity (Wildman–Crippen MR) is 137 cm³/mol. The number of hydrogen-bond donors (Lipinski definition) is 0. The van der Waals surface area contributed by atoms with Gasteiger partial charge in [-0.15, -0.1) is 0 Å². The molecule has 0 atom stereocenters. The van der Waals surface area contributed by atoms with Crippen LogP contribution in [0.15, 0.2) is 41.2 Å². The number of non-ortho nitro benzene ring substituents is 1. The number of aromatic nitrogens is 1. The topological polar surface area (TPSA) is 79.6 Å². The van der Waals surface area contributed by atoms with E-state index in [0.717, 1.165) is 68.6 Å². The molecule has 0 N–H and O–H groups in total. The van der Waals surface area contributed by atoms with Crippen LogP contribution in [0.5, 0.6) is 0 Å². The van der Waals surface area contributed by atoms with Gasteiger partial charge in [0.25, 0.3) is 11.2 Å². The summed E-state index contributed by atoms with van der Waals surface area (Å²) >= 11 is 0.895. The number of hydrogen-bond acceptors (Lipinski definition) is 7. The SMILES string of the molecule is O=c1nc(N2CCC3(CCN(CCCc4ccc(F)cc4)C3)CC2)sc2c([N+](=O)[O-])cc(C(F)(F)F)cc12. The number of aryl methyl sites for hydroxylation is 1. The Morgan fingerprint density at radius 3 is 2.42 bits per heavy atom. The lowest BCUT2D eigenvalue weighted by atomic mass is 9.78. The maximum absolute atomic E-state index is 13.2. The summed E-state index contributed by atoms with van der Waals surface area (Å²) in [5.41, 5.74) is -1.59. The molecule has 3 aromatic rings. The number of nitrogens with zero attached hydrogens (tertiary/aromatic N) is 4. The maximum atomic E-state index is 13.2. The molecule has 2 saturated heterocycles. The predicted octanol–water partition coefficient (Wildman–Crippen LogP) is 5.65. The normalized spacial score (nSPS) is 17.9. The Labute approximate surface area is 219 Å². The molecular weight excluding hydrogens is 524 g/mol. The van der Waals surface area contributed by atoms with E-state index in [1.165, 1.54) is 12.1 Å². The van der Waals surface area contributed by atoms with Crippen LogP contribution < -0.4 is 10.5 Å². The summed E-state index contributed by atoms with van der Waals surface area (Å²) in [6.45, 7) is 4.16. The summed E-state index contributed by atoms with van der Waals surface area (Å²) < 4.78 is 52.7. The van der Waals surface area contributed by atoms with Gasteiger partial charge in [-0.2, -0.15) is 18.2 Å². The Balaban J connectivity index is 1.25. The molecule has 0 unspecified atom stereocenters. The molecule has 202 valence electrons. The molecule has 0 aliphatic carbocycles. The number of rotatable bonds is 6. The highest BCUT2D eigenvalue weighted by Crippen LogP contribution is 2.43. The zero-order valence-electron chi connectivity index (χ0n) is 20.5. The molecular formula is C26H26F4N4O3S. The maximum Gasteiger partial charge on any atom is 0.416 e. The number of halogens is 4. The molecule has 5 rings (SSSR count). The number of anilines is 1. The molecule has 2 aliphatic heterocycles. The van der Waals surface area contributed by atoms with Crippen molar-refractivity contribution in [2.24, 2.45) is 5.41 Å². The van der Waals surface area contributed by atoms with E-state index in [1.54, 1.807) is 0 Å². The van der Waals surface area contributed by atoms with Gasteiger partial charge in [-0.3, -0.25) is 14.9 Å². The smallest absolute Gasteiger partial charge is 0.348 e. The first kappa shape index (κ1) is 26.5. The molecule has 0 amide bonds. The third kappa shape index (κ3) is 5.51. The molecule has 3 heterocycles. The van der Waals surface area contributed by atoms with Crippen molar-refractivity contribution in [2.75, 3.05) is 37.6 Å². The molecule has 1 spiro atoms. The summed E-state index contributed by atoms with van der Waals surface area (Å²) in [5.74, 6) is -0.235. The minimum absolute atomic E-state index is 0.0912. The summed E-state index contributed by atoms with van der Waals surface area (Å²) in [5, 5.41) is 11.5. The highest BCUT2D eigenvalue weighted by atomic mass is 32.1. The van der Waals surface area contributed by atoms with Crippen LogP contribution in [0.4, 0.5) is 28.4 Å². The van der Waals surface area contributed by atoms with E-state index >= 15 is 0 Å². The average molecular weight is 551 g/mol. The fraction of sp³-hybridized carbons (Fsp3) is 0.462. The van der Waals surface area contributed by atoms with Crippen molar-refractivity contribution in [3.8, 4) is 0 Å². The molecule has 2 aliphatic rings. The van der Waals surface area contributed by atoms with E-state index in [0.29, 0.717) is 30.4 Å². The number of likely N-dealkylation sites (tertiary alicyclic amines) is 1. The molecule has 0 bridgehead atoms. The lowest BCUT2D eigenvalue weighted by Crippen LogP contribution is -2.42. The van der Waals surface area contributed by atoms with Gasteiger partial charge in [-0.1, -0.05) is 23.5 Å². The van der Waals surface area contributed by atoms with Crippen molar-refractivity contribution >= 4 is 32.2 Å². The van der Waals surface area contributed by atoms with Crippen molar-refractivity contribution in [1.82, 2.24) is 9.88 Å². The first-order valence-corrected chi connectivity index (χ1v) is 13.3. The van der Waals surface area contributed by atoms with Gasteiger partial charge < -0.3 is 9.80 Å². The van der Waals surface area contributed by atoms with Crippen molar-refractivity contribution < 1.29 is 22.5 Å². The third-order valence-corrected chi connectivity index (χ3v) is 8.84. The van der Waals surface area contributed by atoms with Crippen molar-refractivity contribution in [3.05, 3.63) is 73.8 Å². The zero-order chi connectivity index (χ0) is 27.1. The zero-order valence-corrected chi connectivity index (χ0v) is 21.3. The fourth-order valence-electron chi connectivity index (χ4n) is 5.53. The van der Waals surface area contributed by atoms with E-state index < -0.39 is 27.9 Å². The van der Waals surface area contributed by atoms with Gasteiger partial charge in [-0.25, -0.2) is 4.39 Å². The number of alkyl halides is 3. The van der Waals surface area contributed by atoms with Crippen LogP contribution in [-0.4, -0.2) is 47.5 Å². The minimum atomic E-state index is -4.81. The third-order valence-electron chi connectivity index (χ3n) is 7.68. The second kappa shape index (κ2) is 10.2. The Morgan fingerprint density at radius 1 is 1.08 bits per heavy atom. The first-order valence-electron chi connectivity index (χ1n) is 12.5. The highest BCUT2D eigenvalue weighted by molar-refractivity contribution is 7.22. The van der Waals surface area contributed by atoms with E-state index in [2.05, 4.69) is 9.88 Å². The van der Waals surface area contributed by atoms with Crippen LogP contribution in [-0.2, 0) is 12.6 Å². The molecule has 38 heavy (non-hydrogen) atoms. The summed E-state index contributed by atoms with van der Waals surface area (Å²) in [7, 11) is 0. The summed E-state index contributed by atoms with van der Waals surface area (Å²) in [4.78, 5) is 31.7. The number of piperidine rings is 1. The Kier molecular flexibility index (Phi) is 7.12. The lowest BCUT2D eigenvalue weighted by Gasteiger charge is -2.39. The van der Waals surface area contributed by atoms with Crippen molar-refractivity contribution in [2.45, 2.75) is 38.3 Å². The highest BCUT2D eigenvalue weighted by Gasteiger charge is 2.41. The number of nitro benzene ring substituents is 1. The van der Waals surface area contributed by atoms with E-state index in [-0.39, 0.29) is 21.3 Å². The van der Waals surface area contributed by atoms with Crippen molar-refractivity contribution in [3.63, 3.8) is 0 Å². The number of benzene rings is 2. The number of fused-ring (bicyclic) bond motifs is 1. The first-order chi connectivity index (χ1) is 18.0. The molecule has 0 radical (unpaired) electrons. The quantitative estimate of drug-likeness (QED) is 0.224. The number of nitro groups is 1. The molecule has 1 aromatic heterocycles. The monoisotopic (exact) mass is 550 g/mol. The standard InChI is InChI=1S/C26H26F4N4O3S/c27-19-5-3-17(4-6-19)2-1-10-32-11-7-25(16-32)8-12-33(13-9-25)24-31-23(35)20-14-18(26(28,29)30)15-21(34(36)37)22(20)38-24/h3-6,14-15H,1-2,7-13,16H2. The van der Waals surface area contributed by atoms with Crippen LogP contribution in [0.25, 0.3) is 10.1 Å². The second-order valence-corrected chi connectivity index (χ2v) is 11.1. The van der Waals surface area contributed by atoms with Gasteiger partial charge in [0.05, 0.1) is 15.9 Å². The van der Waals surface area contributed by atoms with Crippen LogP contribution in [0.1, 0.15) is 36.8 Å². The van der Waals surface area contributed by atoms with Crippen LogP contribution in [0.2, 0.25) is 0 Å². The van der Waals surface area contributed by atoms with Gasteiger partial charge in [0.1, 0.15) is 10.5 Å². The van der Waals surface area contributed by atoms with Gasteiger partial charge in [0, 0.05) is 25.7 Å². The molecule has 2 aromatic carbocycles. The molecule has 12 heteroatoms. The van der Waals surface area contributed by atoms with E-state index in [4.69, 9.17) is 0 Å². The molecule has 0 saturated carbocycles. The second-order valence-electron chi connectivity index (χ2n) is 10.2. The van der Waals surface area contributed by atoms with Gasteiger partial charge in [0.15, 0.2) is 5.13 Å². The largest absolute Gasteiger partial charge is 0.416 e. The molecule has 7 nitrogen and oxygen atoms in total. The Morgan fingerprint density at radius 2 is 1.76 bits per heavy atom. The molecule has 2 fully saturated rings. The summed E-state index contributed by atoms with van der Waals surface area (Å²) in [6, 6.07) is 7.72. The Bertz CT molecular complexity index is 1400. The average Bonchev–Trinajstić information content (AvgIpc) is 3.26. The van der Waals surface area contributed by atoms with E-state index in [9.17, 15) is 32.5 Å². The van der Waals surface area contributed by atoms with Crippen LogP contribution >= 0.6 is 11.3 Å². The van der Waals surface area contributed by atoms with Gasteiger partial charge in [-0.05, 0) is 74.4 Å². The van der Waals surface area contributed by atoms with Gasteiger partial charge in [0.2, 0.25) is 0 Å². The lowest BCUT2D eigenvalue weighted by molar-refractivity contribution is -0.383. The summed E-state index contributed by atoms with van der Waals surface area (Å²) in [6.07, 6.45) is -0.136. The van der Waals surface area contributed by atoms with Gasteiger partial charge >= 0.3 is 6.18 Å². The van der Waals surface area contributed by atoms with Crippen LogP contribution in [0, 0.1) is 21.3 Å².